The second-order valence-electron chi connectivity index (χ2n) is 7.24. The Morgan fingerprint density at radius 3 is 2.81 bits per heavy atom. The van der Waals surface area contributed by atoms with Gasteiger partial charge in [0, 0.05) is 40.4 Å². The quantitative estimate of drug-likeness (QED) is 0.448. The summed E-state index contributed by atoms with van der Waals surface area (Å²) >= 11 is 6.11. The lowest BCUT2D eigenvalue weighted by atomic mass is 10.1. The second-order valence-corrected chi connectivity index (χ2v) is 7.67. The fourth-order valence-corrected chi connectivity index (χ4v) is 3.57. The van der Waals surface area contributed by atoms with Gasteiger partial charge in [-0.2, -0.15) is 0 Å². The smallest absolute Gasteiger partial charge is 0.275 e. The van der Waals surface area contributed by atoms with Gasteiger partial charge in [0.2, 0.25) is 5.95 Å². The fraction of sp³-hybridized carbons (Fsp3) is 0.0417. The van der Waals surface area contributed by atoms with Crippen LogP contribution in [-0.2, 0) is 4.79 Å². The van der Waals surface area contributed by atoms with Gasteiger partial charge < -0.3 is 10.6 Å². The van der Waals surface area contributed by atoms with E-state index in [-0.39, 0.29) is 5.91 Å². The Kier molecular flexibility index (Phi) is 5.09. The van der Waals surface area contributed by atoms with Crippen LogP contribution in [0.25, 0.3) is 11.3 Å². The molecule has 0 atom stereocenters. The van der Waals surface area contributed by atoms with Crippen LogP contribution in [0.4, 0.5) is 23.0 Å². The molecule has 0 saturated heterocycles. The standard InChI is InChI=1S/C24H17ClN6O/c1-14-4-6-17(28-22-18-11-16(25)5-7-20(18)29-23(22)32)12-21(14)31-24-27-10-8-19(30-24)15-3-2-9-26-13-15/h2-13H,1H3,(H,27,30,31)(H,28,29,32). The molecule has 32 heavy (non-hydrogen) atoms. The van der Waals surface area contributed by atoms with Crippen molar-refractivity contribution in [3.05, 3.63) is 89.3 Å². The number of fused-ring (bicyclic) bond motifs is 1. The number of aryl methyl sites for hydroxylation is 1. The molecule has 0 radical (unpaired) electrons. The molecule has 8 heteroatoms. The van der Waals surface area contributed by atoms with Crippen LogP contribution in [0.3, 0.4) is 0 Å². The first-order valence-corrected chi connectivity index (χ1v) is 10.3. The summed E-state index contributed by atoms with van der Waals surface area (Å²) in [5.41, 5.74) is 5.78. The third kappa shape index (κ3) is 3.93. The number of carbonyl (C=O) groups excluding carboxylic acids is 1. The maximum atomic E-state index is 12.4. The molecule has 1 aliphatic heterocycles. The van der Waals surface area contributed by atoms with E-state index in [1.54, 1.807) is 36.8 Å². The van der Waals surface area contributed by atoms with Crippen LogP contribution in [0.1, 0.15) is 11.1 Å². The maximum Gasteiger partial charge on any atom is 0.275 e. The number of halogens is 1. The van der Waals surface area contributed by atoms with Crippen LogP contribution in [0, 0.1) is 6.92 Å². The third-order valence-corrected chi connectivity index (χ3v) is 5.26. The minimum atomic E-state index is -0.259. The van der Waals surface area contributed by atoms with Gasteiger partial charge >= 0.3 is 0 Å². The number of aliphatic imine (C=N–C) groups is 1. The number of carbonyl (C=O) groups is 1. The molecule has 7 nitrogen and oxygen atoms in total. The van der Waals surface area contributed by atoms with E-state index in [1.807, 2.05) is 43.3 Å². The number of amides is 1. The first kappa shape index (κ1) is 19.8. The zero-order valence-corrected chi connectivity index (χ0v) is 17.8. The molecule has 2 aromatic heterocycles. The number of benzene rings is 2. The lowest BCUT2D eigenvalue weighted by Gasteiger charge is -2.10. The van der Waals surface area contributed by atoms with Crippen molar-refractivity contribution >= 4 is 46.2 Å². The van der Waals surface area contributed by atoms with Crippen molar-refractivity contribution in [1.82, 2.24) is 15.0 Å². The molecule has 156 valence electrons. The molecule has 1 amide bonds. The molecular weight excluding hydrogens is 424 g/mol. The lowest BCUT2D eigenvalue weighted by molar-refractivity contribution is -0.110. The van der Waals surface area contributed by atoms with Crippen molar-refractivity contribution in [2.75, 3.05) is 10.6 Å². The van der Waals surface area contributed by atoms with Gasteiger partial charge in [0.1, 0.15) is 5.71 Å². The van der Waals surface area contributed by atoms with Crippen molar-refractivity contribution in [1.29, 1.82) is 0 Å². The number of pyridine rings is 1. The topological polar surface area (TPSA) is 92.2 Å². The minimum Gasteiger partial charge on any atom is -0.324 e. The predicted molar refractivity (Wildman–Crippen MR) is 126 cm³/mol. The Hall–Kier alpha value is -4.10. The van der Waals surface area contributed by atoms with E-state index < -0.39 is 0 Å². The van der Waals surface area contributed by atoms with Crippen molar-refractivity contribution in [2.24, 2.45) is 4.99 Å². The SMILES string of the molecule is Cc1ccc(N=C2C(=O)Nc3ccc(Cl)cc32)cc1Nc1nccc(-c2cccnc2)n1. The van der Waals surface area contributed by atoms with E-state index in [0.29, 0.717) is 33.6 Å². The molecule has 0 fully saturated rings. The van der Waals surface area contributed by atoms with Crippen LogP contribution >= 0.6 is 11.6 Å². The molecule has 0 bridgehead atoms. The summed E-state index contributed by atoms with van der Waals surface area (Å²) < 4.78 is 0. The molecule has 0 saturated carbocycles. The molecular formula is C24H17ClN6O. The van der Waals surface area contributed by atoms with Gasteiger partial charge in [-0.05, 0) is 61.0 Å². The van der Waals surface area contributed by atoms with Gasteiger partial charge in [-0.1, -0.05) is 17.7 Å². The monoisotopic (exact) mass is 440 g/mol. The highest BCUT2D eigenvalue weighted by atomic mass is 35.5. The normalized spacial score (nSPS) is 13.7. The number of hydrogen-bond acceptors (Lipinski definition) is 6. The summed E-state index contributed by atoms with van der Waals surface area (Å²) in [4.78, 5) is 30.1. The first-order chi connectivity index (χ1) is 15.6. The minimum absolute atomic E-state index is 0.259. The predicted octanol–water partition coefficient (Wildman–Crippen LogP) is 5.32. The molecule has 0 unspecified atom stereocenters. The second kappa shape index (κ2) is 8.20. The van der Waals surface area contributed by atoms with E-state index in [4.69, 9.17) is 11.6 Å². The first-order valence-electron chi connectivity index (χ1n) is 9.88. The number of hydrogen-bond donors (Lipinski definition) is 2. The van der Waals surface area contributed by atoms with E-state index >= 15 is 0 Å². The van der Waals surface area contributed by atoms with Gasteiger partial charge in [-0.15, -0.1) is 0 Å². The lowest BCUT2D eigenvalue weighted by Crippen LogP contribution is -2.13. The van der Waals surface area contributed by atoms with Crippen molar-refractivity contribution < 1.29 is 4.79 Å². The molecule has 4 aromatic rings. The fourth-order valence-electron chi connectivity index (χ4n) is 3.39. The highest BCUT2D eigenvalue weighted by molar-refractivity contribution is 6.54. The summed E-state index contributed by atoms with van der Waals surface area (Å²) in [5.74, 6) is 0.194. The van der Waals surface area contributed by atoms with Gasteiger partial charge in [0.05, 0.1) is 17.1 Å². The number of rotatable bonds is 4. The van der Waals surface area contributed by atoms with Crippen molar-refractivity contribution in [3.63, 3.8) is 0 Å². The number of aromatic nitrogens is 3. The highest BCUT2D eigenvalue weighted by Crippen LogP contribution is 2.30. The van der Waals surface area contributed by atoms with Gasteiger partial charge in [0.25, 0.3) is 5.91 Å². The zero-order chi connectivity index (χ0) is 22.1. The van der Waals surface area contributed by atoms with Crippen LogP contribution in [0.15, 0.2) is 78.2 Å². The molecule has 1 aliphatic rings. The number of nitrogens with zero attached hydrogens (tertiary/aromatic N) is 4. The average Bonchev–Trinajstić information content (AvgIpc) is 3.11. The summed E-state index contributed by atoms with van der Waals surface area (Å²) in [6.45, 7) is 1.97. The van der Waals surface area contributed by atoms with Gasteiger partial charge in [-0.3, -0.25) is 9.78 Å². The Bertz CT molecular complexity index is 1370. The maximum absolute atomic E-state index is 12.4. The molecule has 2 N–H and O–H groups in total. The van der Waals surface area contributed by atoms with E-state index in [9.17, 15) is 4.79 Å². The molecule has 2 aromatic carbocycles. The van der Waals surface area contributed by atoms with Crippen molar-refractivity contribution in [2.45, 2.75) is 6.92 Å². The average molecular weight is 441 g/mol. The molecule has 0 aliphatic carbocycles. The van der Waals surface area contributed by atoms with Crippen LogP contribution in [0.5, 0.6) is 0 Å². The van der Waals surface area contributed by atoms with Gasteiger partial charge in [-0.25, -0.2) is 15.0 Å². The van der Waals surface area contributed by atoms with Gasteiger partial charge in [0.15, 0.2) is 0 Å². The third-order valence-electron chi connectivity index (χ3n) is 5.02. The number of anilines is 3. The summed E-state index contributed by atoms with van der Waals surface area (Å²) in [7, 11) is 0. The highest BCUT2D eigenvalue weighted by Gasteiger charge is 2.26. The zero-order valence-electron chi connectivity index (χ0n) is 17.0. The Balaban J connectivity index is 1.47. The van der Waals surface area contributed by atoms with Crippen LogP contribution in [-0.4, -0.2) is 26.6 Å². The molecule has 0 spiro atoms. The van der Waals surface area contributed by atoms with E-state index in [1.165, 1.54) is 0 Å². The summed E-state index contributed by atoms with van der Waals surface area (Å²) in [5, 5.41) is 6.61. The molecule has 3 heterocycles. The largest absolute Gasteiger partial charge is 0.324 e. The Morgan fingerprint density at radius 1 is 1.06 bits per heavy atom. The van der Waals surface area contributed by atoms with E-state index in [0.717, 1.165) is 22.5 Å². The van der Waals surface area contributed by atoms with Crippen molar-refractivity contribution in [3.8, 4) is 11.3 Å². The summed E-state index contributed by atoms with van der Waals surface area (Å²) in [6, 6.07) is 16.5. The Labute approximate surface area is 189 Å². The number of nitrogens with one attached hydrogen (secondary N) is 2. The Morgan fingerprint density at radius 2 is 1.97 bits per heavy atom. The van der Waals surface area contributed by atoms with E-state index in [2.05, 4.69) is 30.6 Å². The van der Waals surface area contributed by atoms with Crippen LogP contribution < -0.4 is 10.6 Å². The van der Waals surface area contributed by atoms with Crippen LogP contribution in [0.2, 0.25) is 5.02 Å². The summed E-state index contributed by atoms with van der Waals surface area (Å²) in [6.07, 6.45) is 5.17. The molecule has 5 rings (SSSR count).